The fraction of sp³-hybridized carbons (Fsp3) is 0.333. The van der Waals surface area contributed by atoms with E-state index in [1.807, 2.05) is 6.07 Å². The first kappa shape index (κ1) is 17.5. The molecule has 1 N–H and O–H groups in total. The first-order valence-corrected chi connectivity index (χ1v) is 9.09. The van der Waals surface area contributed by atoms with Gasteiger partial charge in [0.2, 0.25) is 0 Å². The molecule has 27 heavy (non-hydrogen) atoms. The number of amides is 1. The summed E-state index contributed by atoms with van der Waals surface area (Å²) in [6.45, 7) is 0. The van der Waals surface area contributed by atoms with Crippen molar-refractivity contribution in [3.8, 4) is 0 Å². The molecule has 1 aliphatic carbocycles. The topological polar surface area (TPSA) is 76.7 Å². The summed E-state index contributed by atoms with van der Waals surface area (Å²) in [4.78, 5) is 24.5. The number of furan rings is 1. The Labute approximate surface area is 157 Å². The van der Waals surface area contributed by atoms with Crippen LogP contribution in [0.15, 0.2) is 41.2 Å². The zero-order chi connectivity index (χ0) is 19.2. The molecule has 0 saturated heterocycles. The van der Waals surface area contributed by atoms with Gasteiger partial charge >= 0.3 is 12.1 Å². The number of carboxylic acid groups (broad SMARTS) is 1. The van der Waals surface area contributed by atoms with E-state index < -0.39 is 16.5 Å². The summed E-state index contributed by atoms with van der Waals surface area (Å²) in [6.07, 6.45) is 6.50. The van der Waals surface area contributed by atoms with E-state index in [4.69, 9.17) is 9.15 Å². The number of methoxy groups -OCH3 is 1. The molecule has 1 unspecified atom stereocenters. The van der Waals surface area contributed by atoms with Gasteiger partial charge in [-0.2, -0.15) is 9.28 Å². The first-order chi connectivity index (χ1) is 13.0. The van der Waals surface area contributed by atoms with Crippen molar-refractivity contribution in [3.05, 3.63) is 53.5 Å². The minimum atomic E-state index is -0.998. The van der Waals surface area contributed by atoms with E-state index in [2.05, 4.69) is 0 Å². The minimum absolute atomic E-state index is 0.303. The summed E-state index contributed by atoms with van der Waals surface area (Å²) in [5, 5.41) is 10.2. The van der Waals surface area contributed by atoms with Crippen molar-refractivity contribution in [1.29, 1.82) is 0 Å². The fourth-order valence-electron chi connectivity index (χ4n) is 4.50. The van der Waals surface area contributed by atoms with Crippen LogP contribution < -0.4 is 4.48 Å². The maximum atomic E-state index is 12.5. The van der Waals surface area contributed by atoms with Gasteiger partial charge in [0.05, 0.1) is 31.5 Å². The Morgan fingerprint density at radius 2 is 1.96 bits per heavy atom. The molecule has 1 aromatic heterocycles. The molecule has 2 aromatic rings. The van der Waals surface area contributed by atoms with E-state index in [1.165, 1.54) is 7.11 Å². The molecule has 1 atom stereocenters. The molecule has 140 valence electrons. The van der Waals surface area contributed by atoms with Crippen molar-refractivity contribution < 1.29 is 23.8 Å². The Bertz CT molecular complexity index is 937. The van der Waals surface area contributed by atoms with Gasteiger partial charge in [-0.05, 0) is 37.0 Å². The van der Waals surface area contributed by atoms with Crippen LogP contribution in [0.3, 0.4) is 0 Å². The molecule has 2 heterocycles. The highest BCUT2D eigenvalue weighted by Gasteiger charge is 2.52. The van der Waals surface area contributed by atoms with Crippen LogP contribution in [0.4, 0.5) is 10.5 Å². The number of benzene rings is 1. The summed E-state index contributed by atoms with van der Waals surface area (Å²) >= 11 is 0. The summed E-state index contributed by atoms with van der Waals surface area (Å²) in [7, 11) is 2.98. The van der Waals surface area contributed by atoms with Crippen LogP contribution in [0.5, 0.6) is 0 Å². The molecule has 1 saturated carbocycles. The number of nitrogens with zero attached hydrogens (tertiary/aromatic N) is 1. The molecule has 0 radical (unpaired) electrons. The van der Waals surface area contributed by atoms with Gasteiger partial charge in [0.15, 0.2) is 11.4 Å². The second-order valence-electron chi connectivity index (χ2n) is 7.27. The molecule has 1 amide bonds. The fourth-order valence-corrected chi connectivity index (χ4v) is 4.50. The summed E-state index contributed by atoms with van der Waals surface area (Å²) < 4.78 is 9.70. The van der Waals surface area contributed by atoms with Crippen molar-refractivity contribution in [3.63, 3.8) is 0 Å². The number of allylic oxidation sites excluding steroid dienone is 1. The smallest absolute Gasteiger partial charge is 0.472 e. The number of rotatable bonds is 3. The Hall–Kier alpha value is -2.86. The number of esters is 1. The van der Waals surface area contributed by atoms with Gasteiger partial charge in [-0.15, -0.1) is 0 Å². The monoisotopic (exact) mass is 368 g/mol. The highest BCUT2D eigenvalue weighted by Crippen LogP contribution is 2.54. The van der Waals surface area contributed by atoms with Crippen LogP contribution in [0, 0.1) is 5.92 Å². The Balaban J connectivity index is 2.01. The molecule has 4 rings (SSSR count). The van der Waals surface area contributed by atoms with Gasteiger partial charge < -0.3 is 14.3 Å². The van der Waals surface area contributed by atoms with Crippen LogP contribution in [0.25, 0.3) is 11.3 Å². The zero-order valence-electron chi connectivity index (χ0n) is 15.4. The number of carbonyl (C=O) groups is 2. The average Bonchev–Trinajstić information content (AvgIpc) is 3.40. The Morgan fingerprint density at radius 1 is 1.22 bits per heavy atom. The second-order valence-corrected chi connectivity index (χ2v) is 7.27. The Morgan fingerprint density at radius 3 is 2.56 bits per heavy atom. The van der Waals surface area contributed by atoms with Gasteiger partial charge in [0, 0.05) is 17.2 Å². The third-order valence-electron chi connectivity index (χ3n) is 5.83. The zero-order valence-corrected chi connectivity index (χ0v) is 15.4. The van der Waals surface area contributed by atoms with Gasteiger partial charge in [-0.25, -0.2) is 4.79 Å². The first-order valence-electron chi connectivity index (χ1n) is 9.09. The van der Waals surface area contributed by atoms with Crippen molar-refractivity contribution >= 4 is 29.0 Å². The van der Waals surface area contributed by atoms with Crippen molar-refractivity contribution in [2.75, 3.05) is 14.2 Å². The highest BCUT2D eigenvalue weighted by atomic mass is 16.5. The summed E-state index contributed by atoms with van der Waals surface area (Å²) in [5.74, 6) is -0.175. The number of carbonyl (C=O) groups excluding carboxylic acids is 1. The molecule has 0 spiro atoms. The van der Waals surface area contributed by atoms with E-state index in [0.717, 1.165) is 48.1 Å². The number of fused-ring (bicyclic) bond motifs is 1. The van der Waals surface area contributed by atoms with E-state index in [-0.39, 0.29) is 0 Å². The maximum absolute atomic E-state index is 12.5. The van der Waals surface area contributed by atoms with E-state index in [0.29, 0.717) is 17.2 Å². The lowest BCUT2D eigenvalue weighted by molar-refractivity contribution is 0.0600. The van der Waals surface area contributed by atoms with Crippen molar-refractivity contribution in [2.45, 2.75) is 25.7 Å². The molecule has 2 aliphatic rings. The van der Waals surface area contributed by atoms with Crippen LogP contribution in [0.1, 0.15) is 47.2 Å². The second kappa shape index (κ2) is 6.39. The third-order valence-corrected chi connectivity index (χ3v) is 5.83. The SMILES string of the molecule is COC(=O)c1ccc2c(c1)[N+](C)(C(=O)O)C(c1ccoc1)=C2C1CCCC1. The van der Waals surface area contributed by atoms with Crippen molar-refractivity contribution in [1.82, 2.24) is 4.48 Å². The molecule has 1 aromatic carbocycles. The molecule has 0 bridgehead atoms. The van der Waals surface area contributed by atoms with Gasteiger partial charge in [-0.3, -0.25) is 0 Å². The number of ether oxygens (including phenoxy) is 1. The van der Waals surface area contributed by atoms with Gasteiger partial charge in [0.25, 0.3) is 0 Å². The van der Waals surface area contributed by atoms with Gasteiger partial charge in [0.1, 0.15) is 6.26 Å². The molecule has 6 heteroatoms. The highest BCUT2D eigenvalue weighted by molar-refractivity contribution is 6.13. The van der Waals surface area contributed by atoms with Crippen LogP contribution in [-0.4, -0.2) is 31.3 Å². The average molecular weight is 368 g/mol. The lowest BCUT2D eigenvalue weighted by Gasteiger charge is -2.26. The maximum Gasteiger partial charge on any atom is 0.523 e. The minimum Gasteiger partial charge on any atom is -0.472 e. The van der Waals surface area contributed by atoms with E-state index >= 15 is 0 Å². The number of hydrogen-bond donors (Lipinski definition) is 1. The standard InChI is InChI=1S/C21H21NO5/c1-22(21(24)25)17-11-14(20(23)26-2)7-8-16(17)18(13-5-3-4-6-13)19(22)15-9-10-27-12-15/h7-13H,3-6H2,1-2H3/p+1. The molecular formula is C21H22NO5+. The predicted molar refractivity (Wildman–Crippen MR) is 101 cm³/mol. The van der Waals surface area contributed by atoms with Gasteiger partial charge in [-0.1, -0.05) is 12.8 Å². The third kappa shape index (κ3) is 2.51. The molecule has 1 aliphatic heterocycles. The molecular weight excluding hydrogens is 346 g/mol. The van der Waals surface area contributed by atoms with Crippen molar-refractivity contribution in [2.24, 2.45) is 5.92 Å². The summed E-state index contributed by atoms with van der Waals surface area (Å²) in [6, 6.07) is 7.03. The van der Waals surface area contributed by atoms with Crippen LogP contribution >= 0.6 is 0 Å². The molecule has 1 fully saturated rings. The number of hydrogen-bond acceptors (Lipinski definition) is 4. The Kier molecular flexibility index (Phi) is 4.15. The largest absolute Gasteiger partial charge is 0.523 e. The van der Waals surface area contributed by atoms with Crippen LogP contribution in [-0.2, 0) is 4.74 Å². The molecule has 6 nitrogen and oxygen atoms in total. The lowest BCUT2D eigenvalue weighted by Crippen LogP contribution is -2.46. The predicted octanol–water partition coefficient (Wildman–Crippen LogP) is 4.75. The quantitative estimate of drug-likeness (QED) is 0.625. The van der Waals surface area contributed by atoms with Crippen LogP contribution in [0.2, 0.25) is 0 Å². The normalized spacial score (nSPS) is 22.1. The van der Waals surface area contributed by atoms with E-state index in [1.54, 1.807) is 37.8 Å². The number of quaternary nitrogens is 1. The lowest BCUT2D eigenvalue weighted by atomic mass is 9.89. The van der Waals surface area contributed by atoms with E-state index in [9.17, 15) is 14.7 Å². The summed E-state index contributed by atoms with van der Waals surface area (Å²) in [5.41, 5.74) is 4.38.